The third kappa shape index (κ3) is 5.31. The van der Waals surface area contributed by atoms with E-state index in [-0.39, 0.29) is 5.91 Å². The quantitative estimate of drug-likeness (QED) is 0.847. The van der Waals surface area contributed by atoms with Crippen molar-refractivity contribution in [2.24, 2.45) is 0 Å². The molecule has 0 saturated carbocycles. The van der Waals surface area contributed by atoms with Gasteiger partial charge in [-0.1, -0.05) is 12.1 Å². The molecule has 1 aromatic rings. The maximum Gasteiger partial charge on any atom is 0.254 e. The Balaban J connectivity index is 1.62. The third-order valence-electron chi connectivity index (χ3n) is 5.78. The van der Waals surface area contributed by atoms with Crippen molar-refractivity contribution in [2.45, 2.75) is 70.4 Å². The summed E-state index contributed by atoms with van der Waals surface area (Å²) >= 11 is 0. The highest BCUT2D eigenvalue weighted by Gasteiger charge is 2.29. The van der Waals surface area contributed by atoms with Gasteiger partial charge in [0.05, 0.1) is 5.60 Å². The number of nitrogens with zero attached hydrogens (tertiary/aromatic N) is 2. The second-order valence-corrected chi connectivity index (χ2v) is 8.67. The lowest BCUT2D eigenvalue weighted by atomic mass is 9.97. The maximum absolute atomic E-state index is 13.1. The van der Waals surface area contributed by atoms with Crippen molar-refractivity contribution in [3.8, 4) is 0 Å². The Kier molecular flexibility index (Phi) is 6.36. The number of carbonyl (C=O) groups is 1. The van der Waals surface area contributed by atoms with Crippen LogP contribution in [0.1, 0.15) is 68.3 Å². The molecule has 4 nitrogen and oxygen atoms in total. The molecule has 2 fully saturated rings. The Morgan fingerprint density at radius 3 is 2.38 bits per heavy atom. The highest BCUT2D eigenvalue weighted by molar-refractivity contribution is 5.94. The lowest BCUT2D eigenvalue weighted by Gasteiger charge is -2.38. The lowest BCUT2D eigenvalue weighted by molar-refractivity contribution is 0.0560. The zero-order valence-corrected chi connectivity index (χ0v) is 16.4. The number of likely N-dealkylation sites (tertiary alicyclic amines) is 2. The van der Waals surface area contributed by atoms with Gasteiger partial charge in [-0.2, -0.15) is 0 Å². The van der Waals surface area contributed by atoms with Crippen LogP contribution in [0.5, 0.6) is 0 Å². The van der Waals surface area contributed by atoms with Gasteiger partial charge in [-0.25, -0.2) is 0 Å². The van der Waals surface area contributed by atoms with Gasteiger partial charge in [0.15, 0.2) is 0 Å². The molecular weight excluding hydrogens is 324 g/mol. The van der Waals surface area contributed by atoms with Gasteiger partial charge >= 0.3 is 0 Å². The zero-order valence-electron chi connectivity index (χ0n) is 16.4. The van der Waals surface area contributed by atoms with Gasteiger partial charge in [0.25, 0.3) is 5.91 Å². The van der Waals surface area contributed by atoms with Gasteiger partial charge in [-0.05, 0) is 89.6 Å². The number of hydrogen-bond acceptors (Lipinski definition) is 3. The standard InChI is InChI=1S/C22H34N2O2/c1-22(2,26)13-12-18-8-10-19(11-9-18)21(25)24-16-4-3-7-20(24)17-23-14-5-6-15-23/h8-11,20,26H,3-7,12-17H2,1-2H3/t20-/m0/s1. The summed E-state index contributed by atoms with van der Waals surface area (Å²) in [6.07, 6.45) is 7.64. The Hall–Kier alpha value is -1.39. The Morgan fingerprint density at radius 1 is 1.08 bits per heavy atom. The third-order valence-corrected chi connectivity index (χ3v) is 5.78. The van der Waals surface area contributed by atoms with Crippen LogP contribution in [0, 0.1) is 0 Å². The molecule has 26 heavy (non-hydrogen) atoms. The minimum Gasteiger partial charge on any atom is -0.390 e. The summed E-state index contributed by atoms with van der Waals surface area (Å²) in [7, 11) is 0. The van der Waals surface area contributed by atoms with Crippen LogP contribution in [0.15, 0.2) is 24.3 Å². The van der Waals surface area contributed by atoms with Crippen LogP contribution in [0.4, 0.5) is 0 Å². The zero-order chi connectivity index (χ0) is 18.6. The fourth-order valence-corrected chi connectivity index (χ4v) is 4.15. The van der Waals surface area contributed by atoms with E-state index in [0.717, 1.165) is 44.3 Å². The predicted octanol–water partition coefficient (Wildman–Crippen LogP) is 3.48. The molecular formula is C22H34N2O2. The molecule has 0 aliphatic carbocycles. The number of amides is 1. The van der Waals surface area contributed by atoms with Crippen molar-refractivity contribution in [3.05, 3.63) is 35.4 Å². The molecule has 1 N–H and O–H groups in total. The Morgan fingerprint density at radius 2 is 1.73 bits per heavy atom. The Bertz CT molecular complexity index is 585. The van der Waals surface area contributed by atoms with E-state index in [1.54, 1.807) is 0 Å². The number of aliphatic hydroxyl groups is 1. The van der Waals surface area contributed by atoms with Crippen LogP contribution in [0.2, 0.25) is 0 Å². The molecule has 0 unspecified atom stereocenters. The number of aryl methyl sites for hydroxylation is 1. The van der Waals surface area contributed by atoms with Crippen LogP contribution in [0.25, 0.3) is 0 Å². The minimum absolute atomic E-state index is 0.183. The molecule has 1 atom stereocenters. The highest BCUT2D eigenvalue weighted by atomic mass is 16.3. The summed E-state index contributed by atoms with van der Waals surface area (Å²) in [5, 5.41) is 9.87. The van der Waals surface area contributed by atoms with Crippen molar-refractivity contribution in [3.63, 3.8) is 0 Å². The normalized spacial score (nSPS) is 22.0. The smallest absolute Gasteiger partial charge is 0.254 e. The van der Waals surface area contributed by atoms with E-state index in [1.807, 2.05) is 38.1 Å². The Labute approximate surface area is 158 Å². The molecule has 4 heteroatoms. The average Bonchev–Trinajstić information content (AvgIpc) is 3.13. The topological polar surface area (TPSA) is 43.8 Å². The number of piperidine rings is 1. The molecule has 3 rings (SSSR count). The first-order valence-electron chi connectivity index (χ1n) is 10.3. The van der Waals surface area contributed by atoms with Crippen molar-refractivity contribution in [1.82, 2.24) is 9.80 Å². The van der Waals surface area contributed by atoms with Crippen LogP contribution >= 0.6 is 0 Å². The number of hydrogen-bond donors (Lipinski definition) is 1. The average molecular weight is 359 g/mol. The van der Waals surface area contributed by atoms with Crippen molar-refractivity contribution < 1.29 is 9.90 Å². The lowest BCUT2D eigenvalue weighted by Crippen LogP contribution is -2.49. The van der Waals surface area contributed by atoms with Crippen molar-refractivity contribution in [2.75, 3.05) is 26.2 Å². The van der Waals surface area contributed by atoms with E-state index in [2.05, 4.69) is 9.80 Å². The van der Waals surface area contributed by atoms with Crippen LogP contribution in [0.3, 0.4) is 0 Å². The van der Waals surface area contributed by atoms with Gasteiger partial charge in [0.1, 0.15) is 0 Å². The number of rotatable bonds is 6. The number of carbonyl (C=O) groups excluding carboxylic acids is 1. The van der Waals surface area contributed by atoms with E-state index < -0.39 is 5.60 Å². The second kappa shape index (κ2) is 8.53. The van der Waals surface area contributed by atoms with Crippen LogP contribution < -0.4 is 0 Å². The van der Waals surface area contributed by atoms with Gasteiger partial charge in [-0.3, -0.25) is 4.79 Å². The summed E-state index contributed by atoms with van der Waals surface area (Å²) in [4.78, 5) is 17.7. The van der Waals surface area contributed by atoms with Crippen molar-refractivity contribution >= 4 is 5.91 Å². The van der Waals surface area contributed by atoms with Gasteiger partial charge in [0.2, 0.25) is 0 Å². The monoisotopic (exact) mass is 358 g/mol. The first-order valence-corrected chi connectivity index (χ1v) is 10.3. The van der Waals surface area contributed by atoms with E-state index in [0.29, 0.717) is 6.04 Å². The van der Waals surface area contributed by atoms with Crippen LogP contribution in [-0.2, 0) is 6.42 Å². The largest absolute Gasteiger partial charge is 0.390 e. The molecule has 0 aromatic heterocycles. The summed E-state index contributed by atoms with van der Waals surface area (Å²) in [5.74, 6) is 0.183. The minimum atomic E-state index is -0.648. The summed E-state index contributed by atoms with van der Waals surface area (Å²) in [6.45, 7) is 7.97. The van der Waals surface area contributed by atoms with Gasteiger partial charge in [0, 0.05) is 24.7 Å². The molecule has 2 aliphatic rings. The fraction of sp³-hybridized carbons (Fsp3) is 0.682. The molecule has 0 spiro atoms. The molecule has 2 saturated heterocycles. The van der Waals surface area contributed by atoms with E-state index in [4.69, 9.17) is 0 Å². The molecule has 144 valence electrons. The van der Waals surface area contributed by atoms with E-state index in [1.165, 1.54) is 37.9 Å². The first-order chi connectivity index (χ1) is 12.4. The van der Waals surface area contributed by atoms with Gasteiger partial charge in [-0.15, -0.1) is 0 Å². The number of benzene rings is 1. The fourth-order valence-electron chi connectivity index (χ4n) is 4.15. The second-order valence-electron chi connectivity index (χ2n) is 8.67. The molecule has 2 heterocycles. The highest BCUT2D eigenvalue weighted by Crippen LogP contribution is 2.23. The summed E-state index contributed by atoms with van der Waals surface area (Å²) in [5.41, 5.74) is 1.33. The van der Waals surface area contributed by atoms with Crippen molar-refractivity contribution in [1.29, 1.82) is 0 Å². The molecule has 1 aromatic carbocycles. The van der Waals surface area contributed by atoms with Gasteiger partial charge < -0.3 is 14.9 Å². The molecule has 2 aliphatic heterocycles. The summed E-state index contributed by atoms with van der Waals surface area (Å²) in [6, 6.07) is 8.37. The predicted molar refractivity (Wildman–Crippen MR) is 105 cm³/mol. The molecule has 0 bridgehead atoms. The molecule has 1 amide bonds. The summed E-state index contributed by atoms with van der Waals surface area (Å²) < 4.78 is 0. The van der Waals surface area contributed by atoms with Crippen LogP contribution in [-0.4, -0.2) is 58.6 Å². The first kappa shape index (κ1) is 19.4. The van der Waals surface area contributed by atoms with E-state index in [9.17, 15) is 9.90 Å². The molecule has 0 radical (unpaired) electrons. The SMILES string of the molecule is CC(C)(O)CCc1ccc(C(=O)N2CCCC[C@H]2CN2CCCC2)cc1. The van der Waals surface area contributed by atoms with E-state index >= 15 is 0 Å². The maximum atomic E-state index is 13.1.